The number of benzene rings is 1. The number of hydrogen-bond acceptors (Lipinski definition) is 6. The van der Waals surface area contributed by atoms with E-state index in [1.54, 1.807) is 22.6 Å². The van der Waals surface area contributed by atoms with E-state index in [9.17, 15) is 4.79 Å². The molecule has 0 bridgehead atoms. The fourth-order valence-corrected chi connectivity index (χ4v) is 2.75. The molecular formula is C13H16N8OS. The van der Waals surface area contributed by atoms with Gasteiger partial charge in [-0.3, -0.25) is 4.68 Å². The minimum Gasteiger partial charge on any atom is -0.337 e. The zero-order valence-electron chi connectivity index (χ0n) is 12.7. The molecule has 0 atom stereocenters. The summed E-state index contributed by atoms with van der Waals surface area (Å²) in [6, 6.07) is 5.42. The maximum atomic E-state index is 11.9. The molecule has 1 aromatic carbocycles. The predicted molar refractivity (Wildman–Crippen MR) is 87.3 cm³/mol. The van der Waals surface area contributed by atoms with Crippen molar-refractivity contribution in [2.24, 2.45) is 14.1 Å². The SMILES string of the molecule is Cn1nnnc1SCCNC(=O)Nc1ccc2cnn(C)c2c1. The third-order valence-electron chi connectivity index (χ3n) is 3.21. The van der Waals surface area contributed by atoms with Gasteiger partial charge in [0.1, 0.15) is 0 Å². The van der Waals surface area contributed by atoms with Crippen molar-refractivity contribution in [2.75, 3.05) is 17.6 Å². The van der Waals surface area contributed by atoms with Crippen molar-refractivity contribution in [2.45, 2.75) is 5.16 Å². The summed E-state index contributed by atoms with van der Waals surface area (Å²) in [5, 5.41) is 22.7. The average Bonchev–Trinajstić information content (AvgIpc) is 3.10. The van der Waals surface area contributed by atoms with Crippen LogP contribution in [0.5, 0.6) is 0 Å². The number of nitrogens with zero attached hydrogens (tertiary/aromatic N) is 6. The van der Waals surface area contributed by atoms with Crippen LogP contribution in [0.3, 0.4) is 0 Å². The van der Waals surface area contributed by atoms with Gasteiger partial charge in [0.25, 0.3) is 0 Å². The van der Waals surface area contributed by atoms with Crippen LogP contribution in [0.4, 0.5) is 10.5 Å². The topological polar surface area (TPSA) is 103 Å². The molecule has 0 aliphatic rings. The molecule has 0 aliphatic carbocycles. The fourth-order valence-electron chi connectivity index (χ4n) is 2.05. The van der Waals surface area contributed by atoms with Gasteiger partial charge < -0.3 is 10.6 Å². The molecule has 2 N–H and O–H groups in total. The first-order valence-corrected chi connectivity index (χ1v) is 7.94. The highest BCUT2D eigenvalue weighted by Crippen LogP contribution is 2.18. The molecule has 0 unspecified atom stereocenters. The molecule has 120 valence electrons. The van der Waals surface area contributed by atoms with Crippen molar-refractivity contribution in [1.82, 2.24) is 35.3 Å². The van der Waals surface area contributed by atoms with Crippen LogP contribution in [0, 0.1) is 0 Å². The molecule has 2 heterocycles. The number of aromatic nitrogens is 6. The van der Waals surface area contributed by atoms with Crippen LogP contribution >= 0.6 is 11.8 Å². The number of anilines is 1. The largest absolute Gasteiger partial charge is 0.337 e. The molecular weight excluding hydrogens is 316 g/mol. The first-order valence-electron chi connectivity index (χ1n) is 6.95. The summed E-state index contributed by atoms with van der Waals surface area (Å²) in [4.78, 5) is 11.9. The number of nitrogens with one attached hydrogen (secondary N) is 2. The molecule has 9 nitrogen and oxygen atoms in total. The lowest BCUT2D eigenvalue weighted by molar-refractivity contribution is 0.252. The summed E-state index contributed by atoms with van der Waals surface area (Å²) < 4.78 is 3.36. The number of thioether (sulfide) groups is 1. The monoisotopic (exact) mass is 332 g/mol. The van der Waals surface area contributed by atoms with Crippen LogP contribution in [0.15, 0.2) is 29.6 Å². The Hall–Kier alpha value is -2.62. The van der Waals surface area contributed by atoms with Gasteiger partial charge in [-0.1, -0.05) is 11.8 Å². The van der Waals surface area contributed by atoms with E-state index < -0.39 is 0 Å². The van der Waals surface area contributed by atoms with E-state index in [4.69, 9.17) is 0 Å². The molecule has 0 fully saturated rings. The number of tetrazole rings is 1. The van der Waals surface area contributed by atoms with Crippen LogP contribution in [0.25, 0.3) is 10.9 Å². The van der Waals surface area contributed by atoms with E-state index in [0.29, 0.717) is 17.5 Å². The highest BCUT2D eigenvalue weighted by atomic mass is 32.2. The number of rotatable bonds is 5. The Morgan fingerprint density at radius 3 is 2.96 bits per heavy atom. The van der Waals surface area contributed by atoms with Crippen molar-refractivity contribution < 1.29 is 4.79 Å². The second kappa shape index (κ2) is 6.65. The van der Waals surface area contributed by atoms with E-state index >= 15 is 0 Å². The molecule has 0 saturated carbocycles. The van der Waals surface area contributed by atoms with E-state index in [-0.39, 0.29) is 6.03 Å². The van der Waals surface area contributed by atoms with E-state index in [1.165, 1.54) is 11.8 Å². The van der Waals surface area contributed by atoms with E-state index in [2.05, 4.69) is 31.3 Å². The van der Waals surface area contributed by atoms with Gasteiger partial charge >= 0.3 is 6.03 Å². The molecule has 0 aliphatic heterocycles. The zero-order valence-corrected chi connectivity index (χ0v) is 13.5. The number of urea groups is 1. The van der Waals surface area contributed by atoms with Crippen molar-refractivity contribution >= 4 is 34.4 Å². The third-order valence-corrected chi connectivity index (χ3v) is 4.22. The molecule has 2 aromatic heterocycles. The van der Waals surface area contributed by atoms with E-state index in [1.807, 2.05) is 25.2 Å². The van der Waals surface area contributed by atoms with Gasteiger partial charge in [0.15, 0.2) is 0 Å². The van der Waals surface area contributed by atoms with Gasteiger partial charge in [-0.05, 0) is 28.6 Å². The highest BCUT2D eigenvalue weighted by molar-refractivity contribution is 7.99. The smallest absolute Gasteiger partial charge is 0.319 e. The lowest BCUT2D eigenvalue weighted by Crippen LogP contribution is -2.30. The molecule has 3 rings (SSSR count). The number of amides is 2. The first kappa shape index (κ1) is 15.3. The molecule has 10 heteroatoms. The van der Waals surface area contributed by atoms with Crippen LogP contribution < -0.4 is 10.6 Å². The summed E-state index contributed by atoms with van der Waals surface area (Å²) >= 11 is 1.48. The molecule has 2 amide bonds. The van der Waals surface area contributed by atoms with Gasteiger partial charge in [0.2, 0.25) is 5.16 Å². The van der Waals surface area contributed by atoms with Crippen LogP contribution in [0.1, 0.15) is 0 Å². The Morgan fingerprint density at radius 1 is 1.30 bits per heavy atom. The summed E-state index contributed by atoms with van der Waals surface area (Å²) in [6.07, 6.45) is 1.79. The number of hydrogen-bond donors (Lipinski definition) is 2. The molecule has 3 aromatic rings. The average molecular weight is 332 g/mol. The van der Waals surface area contributed by atoms with Crippen molar-refractivity contribution in [3.05, 3.63) is 24.4 Å². The Kier molecular flexibility index (Phi) is 4.42. The van der Waals surface area contributed by atoms with Crippen LogP contribution in [0.2, 0.25) is 0 Å². The van der Waals surface area contributed by atoms with E-state index in [0.717, 1.165) is 16.6 Å². The fraction of sp³-hybridized carbons (Fsp3) is 0.308. The summed E-state index contributed by atoms with van der Waals surface area (Å²) in [5.41, 5.74) is 1.69. The normalized spacial score (nSPS) is 10.9. The summed E-state index contributed by atoms with van der Waals surface area (Å²) in [6.45, 7) is 0.511. The standard InChI is InChI=1S/C13H16N8OS/c1-20-11-7-10(4-3-9(11)8-15-20)16-12(22)14-5-6-23-13-17-18-19-21(13)2/h3-4,7-8H,5-6H2,1-2H3,(H2,14,16,22). The maximum absolute atomic E-state index is 11.9. The van der Waals surface area contributed by atoms with Crippen LogP contribution in [-0.2, 0) is 14.1 Å². The molecule has 0 radical (unpaired) electrons. The Labute approximate surface area is 136 Å². The van der Waals surface area contributed by atoms with Gasteiger partial charge in [0.05, 0.1) is 11.7 Å². The maximum Gasteiger partial charge on any atom is 0.319 e. The minimum atomic E-state index is -0.247. The Balaban J connectivity index is 1.48. The lowest BCUT2D eigenvalue weighted by Gasteiger charge is -2.07. The van der Waals surface area contributed by atoms with Crippen LogP contribution in [-0.4, -0.2) is 48.3 Å². The van der Waals surface area contributed by atoms with Crippen molar-refractivity contribution in [3.63, 3.8) is 0 Å². The second-order valence-corrected chi connectivity index (χ2v) is 5.92. The third kappa shape index (κ3) is 3.59. The number of carbonyl (C=O) groups is 1. The lowest BCUT2D eigenvalue weighted by atomic mass is 10.2. The van der Waals surface area contributed by atoms with Gasteiger partial charge in [0, 0.05) is 37.5 Å². The summed E-state index contributed by atoms with van der Waals surface area (Å²) in [7, 11) is 3.64. The Morgan fingerprint density at radius 2 is 2.17 bits per heavy atom. The van der Waals surface area contributed by atoms with Gasteiger partial charge in [-0.25, -0.2) is 9.48 Å². The quantitative estimate of drug-likeness (QED) is 0.534. The molecule has 0 spiro atoms. The zero-order chi connectivity index (χ0) is 16.2. The predicted octanol–water partition coefficient (Wildman–Crippen LogP) is 1.01. The Bertz CT molecular complexity index is 826. The van der Waals surface area contributed by atoms with Crippen molar-refractivity contribution in [1.29, 1.82) is 0 Å². The number of fused-ring (bicyclic) bond motifs is 1. The number of aryl methyl sites for hydroxylation is 2. The number of carbonyl (C=O) groups excluding carboxylic acids is 1. The summed E-state index contributed by atoms with van der Waals surface area (Å²) in [5.74, 6) is 0.683. The first-order chi connectivity index (χ1) is 11.1. The highest BCUT2D eigenvalue weighted by Gasteiger charge is 2.06. The molecule has 23 heavy (non-hydrogen) atoms. The second-order valence-electron chi connectivity index (χ2n) is 4.86. The minimum absolute atomic E-state index is 0.247. The van der Waals surface area contributed by atoms with Gasteiger partial charge in [-0.2, -0.15) is 5.10 Å². The molecule has 0 saturated heterocycles. The van der Waals surface area contributed by atoms with Gasteiger partial charge in [-0.15, -0.1) is 5.10 Å². The van der Waals surface area contributed by atoms with Crippen molar-refractivity contribution in [3.8, 4) is 0 Å².